The van der Waals surface area contributed by atoms with Gasteiger partial charge in [-0.15, -0.1) is 0 Å². The number of hydrogen-bond acceptors (Lipinski definition) is 13. The Kier molecular flexibility index (Phi) is 10.0. The van der Waals surface area contributed by atoms with Gasteiger partial charge in [0.2, 0.25) is 17.8 Å². The third kappa shape index (κ3) is 7.44. The van der Waals surface area contributed by atoms with Crippen LogP contribution in [0.3, 0.4) is 0 Å². The molecule has 3 saturated heterocycles. The molecule has 2 N–H and O–H groups in total. The maximum Gasteiger partial charge on any atom is 0.301 e. The summed E-state index contributed by atoms with van der Waals surface area (Å²) in [6, 6.07) is 13.0. The number of nitrogens with one attached hydrogen (secondary N) is 2. The summed E-state index contributed by atoms with van der Waals surface area (Å²) in [6.45, 7) is 2.31. The lowest BCUT2D eigenvalue weighted by Gasteiger charge is -2.36. The topological polar surface area (TPSA) is 216 Å². The number of aromatic nitrogens is 4. The van der Waals surface area contributed by atoms with Crippen LogP contribution in [-0.4, -0.2) is 106 Å². The zero-order chi connectivity index (χ0) is 42.6. The molecule has 0 spiro atoms. The number of carbonyl (C=O) groups excluding carboxylic acids is 3. The largest absolute Gasteiger partial charge is 0.453 e. The molecule has 1 unspecified atom stereocenters. The number of fused-ring (bicyclic) bond motifs is 2. The van der Waals surface area contributed by atoms with Gasteiger partial charge in [0.1, 0.15) is 35.9 Å². The fraction of sp³-hybridized carbons (Fsp3) is 0.300. The van der Waals surface area contributed by atoms with Crippen LogP contribution < -0.4 is 30.1 Å². The average Bonchev–Trinajstić information content (AvgIpc) is 3.85. The van der Waals surface area contributed by atoms with E-state index in [1.165, 1.54) is 46.4 Å². The second-order valence-electron chi connectivity index (χ2n) is 14.9. The molecule has 0 saturated carbocycles. The zero-order valence-corrected chi connectivity index (χ0v) is 32.9. The van der Waals surface area contributed by atoms with Gasteiger partial charge in [-0.3, -0.25) is 33.8 Å². The molecule has 3 aromatic carbocycles. The van der Waals surface area contributed by atoms with Crippen molar-refractivity contribution in [1.29, 1.82) is 5.26 Å². The molecule has 61 heavy (non-hydrogen) atoms. The average molecular weight is 852 g/mol. The number of ether oxygens (including phenoxy) is 1. The molecule has 4 aliphatic rings. The zero-order valence-electron chi connectivity index (χ0n) is 32.1. The van der Waals surface area contributed by atoms with E-state index in [1.54, 1.807) is 12.1 Å². The van der Waals surface area contributed by atoms with E-state index >= 15 is 4.39 Å². The summed E-state index contributed by atoms with van der Waals surface area (Å²) in [5, 5.41) is 12.3. The van der Waals surface area contributed by atoms with Crippen molar-refractivity contribution in [1.82, 2.24) is 34.0 Å². The molecule has 3 fully saturated rings. The Morgan fingerprint density at radius 2 is 1.67 bits per heavy atom. The predicted octanol–water partition coefficient (Wildman–Crippen LogP) is 2.77. The molecule has 0 bridgehead atoms. The molecule has 2 atom stereocenters. The van der Waals surface area contributed by atoms with Gasteiger partial charge in [0, 0.05) is 63.5 Å². The number of hydrogen-bond donors (Lipinski definition) is 2. The highest BCUT2D eigenvalue weighted by Gasteiger charge is 2.39. The van der Waals surface area contributed by atoms with E-state index in [9.17, 15) is 37.2 Å². The van der Waals surface area contributed by atoms with Crippen LogP contribution in [0, 0.1) is 17.1 Å². The van der Waals surface area contributed by atoms with Crippen molar-refractivity contribution >= 4 is 56.2 Å². The summed E-state index contributed by atoms with van der Waals surface area (Å²) in [6.07, 6.45) is 3.50. The second kappa shape index (κ2) is 15.5. The minimum atomic E-state index is -4.26. The van der Waals surface area contributed by atoms with Gasteiger partial charge in [0.25, 0.3) is 11.5 Å². The van der Waals surface area contributed by atoms with Crippen LogP contribution in [-0.2, 0) is 26.3 Å². The SMILES string of the molecule is N#Cc1c(NS(=O)(=O)N2CC[C@@H](F)C2)ccc(F)c1Oc1ccc2ncn(-c3cnc(N4CCN(c5ccc6c(c5)CN(C5CCC(=O)NC5=O)C6=O)CC4)nc3)c(=O)c2c1. The Morgan fingerprint density at radius 3 is 2.39 bits per heavy atom. The summed E-state index contributed by atoms with van der Waals surface area (Å²) < 4.78 is 64.7. The van der Waals surface area contributed by atoms with E-state index in [-0.39, 0.29) is 61.1 Å². The van der Waals surface area contributed by atoms with Gasteiger partial charge in [-0.1, -0.05) is 0 Å². The molecule has 21 heteroatoms. The van der Waals surface area contributed by atoms with Gasteiger partial charge in [0.15, 0.2) is 11.6 Å². The summed E-state index contributed by atoms with van der Waals surface area (Å²) in [7, 11) is -4.26. The number of nitriles is 1. The number of halogens is 2. The van der Waals surface area contributed by atoms with E-state index in [0.29, 0.717) is 55.3 Å². The molecular weight excluding hydrogens is 817 g/mol. The van der Waals surface area contributed by atoms with Crippen molar-refractivity contribution < 1.29 is 36.3 Å². The van der Waals surface area contributed by atoms with Gasteiger partial charge in [-0.25, -0.2) is 23.7 Å². The molecule has 6 heterocycles. The Hall–Kier alpha value is -7.05. The lowest BCUT2D eigenvalue weighted by molar-refractivity contribution is -0.136. The second-order valence-corrected chi connectivity index (χ2v) is 16.6. The highest BCUT2D eigenvalue weighted by molar-refractivity contribution is 7.90. The van der Waals surface area contributed by atoms with Gasteiger partial charge >= 0.3 is 10.2 Å². The molecule has 18 nitrogen and oxygen atoms in total. The Labute approximate surface area is 346 Å². The molecule has 5 aromatic rings. The number of nitrogens with zero attached hydrogens (tertiary/aromatic N) is 9. The fourth-order valence-corrected chi connectivity index (χ4v) is 9.23. The van der Waals surface area contributed by atoms with Crippen LogP contribution in [0.5, 0.6) is 11.5 Å². The Morgan fingerprint density at radius 1 is 0.902 bits per heavy atom. The molecule has 0 radical (unpaired) electrons. The van der Waals surface area contributed by atoms with Crippen molar-refractivity contribution in [3.05, 3.63) is 100 Å². The summed E-state index contributed by atoms with van der Waals surface area (Å²) in [4.78, 5) is 70.1. The van der Waals surface area contributed by atoms with Gasteiger partial charge in [-0.2, -0.15) is 18.0 Å². The molecule has 3 amide bonds. The summed E-state index contributed by atoms with van der Waals surface area (Å²) in [5.41, 5.74) is 1.68. The fourth-order valence-electron chi connectivity index (χ4n) is 7.95. The van der Waals surface area contributed by atoms with Crippen molar-refractivity contribution in [2.45, 2.75) is 38.0 Å². The molecular formula is C40H35F2N11O7S. The standard InChI is InChI=1S/C40H35F2N11O7S/c41-24-9-10-51(21-24)61(58,59)48-33-6-4-31(42)36(30(33)17-43)60-27-2-5-32-29(16-27)39(57)53(22-46-32)26-18-44-40(45-19-26)50-13-11-49(12-14-50)25-1-3-28-23(15-25)20-52(38(28)56)34-7-8-35(54)47-37(34)55/h1-6,15-16,18-19,22,24,34,48H,7-14,20-21H2,(H,47,54,55)/t24-,34?/m1/s1. The summed E-state index contributed by atoms with van der Waals surface area (Å²) in [5.74, 6) is -2.14. The van der Waals surface area contributed by atoms with E-state index in [0.717, 1.165) is 27.7 Å². The van der Waals surface area contributed by atoms with E-state index < -0.39 is 51.0 Å². The van der Waals surface area contributed by atoms with E-state index in [4.69, 9.17) is 4.74 Å². The number of piperidine rings is 1. The molecule has 0 aliphatic carbocycles. The van der Waals surface area contributed by atoms with Crippen LogP contribution in [0.1, 0.15) is 40.7 Å². The van der Waals surface area contributed by atoms with Crippen LogP contribution >= 0.6 is 0 Å². The van der Waals surface area contributed by atoms with E-state index in [1.807, 2.05) is 17.0 Å². The summed E-state index contributed by atoms with van der Waals surface area (Å²) >= 11 is 0. The third-order valence-corrected chi connectivity index (χ3v) is 12.7. The first-order chi connectivity index (χ1) is 29.4. The van der Waals surface area contributed by atoms with Crippen molar-refractivity contribution in [2.75, 3.05) is 53.8 Å². The number of carbonyl (C=O) groups is 3. The molecule has 4 aliphatic heterocycles. The van der Waals surface area contributed by atoms with Crippen LogP contribution in [0.2, 0.25) is 0 Å². The quantitative estimate of drug-likeness (QED) is 0.204. The van der Waals surface area contributed by atoms with Crippen molar-refractivity contribution in [3.8, 4) is 23.3 Å². The Bertz CT molecular complexity index is 2850. The third-order valence-electron chi connectivity index (χ3n) is 11.2. The minimum Gasteiger partial charge on any atom is -0.453 e. The van der Waals surface area contributed by atoms with E-state index in [2.05, 4.69) is 29.9 Å². The van der Waals surface area contributed by atoms with Gasteiger partial charge in [0.05, 0.1) is 34.7 Å². The first kappa shape index (κ1) is 39.4. The van der Waals surface area contributed by atoms with Crippen molar-refractivity contribution in [3.63, 3.8) is 0 Å². The first-order valence-corrected chi connectivity index (χ1v) is 20.7. The molecule has 9 rings (SSSR count). The number of rotatable bonds is 9. The maximum absolute atomic E-state index is 15.1. The number of anilines is 3. The van der Waals surface area contributed by atoms with Crippen molar-refractivity contribution in [2.24, 2.45) is 0 Å². The van der Waals surface area contributed by atoms with Gasteiger partial charge in [-0.05, 0) is 66.9 Å². The predicted molar refractivity (Wildman–Crippen MR) is 215 cm³/mol. The minimum absolute atomic E-state index is 0.0297. The molecule has 2 aromatic heterocycles. The molecule has 312 valence electrons. The normalized spacial score (nSPS) is 19.6. The number of imide groups is 1. The Balaban J connectivity index is 0.871. The number of amides is 3. The monoisotopic (exact) mass is 851 g/mol. The smallest absolute Gasteiger partial charge is 0.301 e. The first-order valence-electron chi connectivity index (χ1n) is 19.3. The highest BCUT2D eigenvalue weighted by atomic mass is 32.2. The maximum atomic E-state index is 15.1. The number of piperazine rings is 1. The lowest BCUT2D eigenvalue weighted by atomic mass is 10.0. The lowest BCUT2D eigenvalue weighted by Crippen LogP contribution is -2.52. The highest BCUT2D eigenvalue weighted by Crippen LogP contribution is 2.35. The number of alkyl halides is 1. The number of benzene rings is 3. The van der Waals surface area contributed by atoms with Crippen LogP contribution in [0.25, 0.3) is 16.6 Å². The van der Waals surface area contributed by atoms with Crippen LogP contribution in [0.4, 0.5) is 26.1 Å². The van der Waals surface area contributed by atoms with Gasteiger partial charge < -0.3 is 19.4 Å². The van der Waals surface area contributed by atoms with Crippen LogP contribution in [0.15, 0.2) is 72.0 Å².